The zero-order valence-corrected chi connectivity index (χ0v) is 15.0. The molecule has 122 valence electrons. The Morgan fingerprint density at radius 2 is 1.96 bits per heavy atom. The fourth-order valence-electron chi connectivity index (χ4n) is 2.36. The number of aryl methyl sites for hydroxylation is 1. The fraction of sp³-hybridized carbons (Fsp3) is 0.158. The van der Waals surface area contributed by atoms with Crippen molar-refractivity contribution in [3.05, 3.63) is 77.3 Å². The van der Waals surface area contributed by atoms with Crippen LogP contribution in [0.4, 0.5) is 0 Å². The monoisotopic (exact) mass is 355 g/mol. The molecule has 0 saturated carbocycles. The van der Waals surface area contributed by atoms with E-state index in [-0.39, 0.29) is 0 Å². The van der Waals surface area contributed by atoms with Crippen LogP contribution in [0.1, 0.15) is 11.1 Å². The summed E-state index contributed by atoms with van der Waals surface area (Å²) >= 11 is 7.78. The Morgan fingerprint density at radius 1 is 1.17 bits per heavy atom. The van der Waals surface area contributed by atoms with Crippen LogP contribution in [-0.4, -0.2) is 14.8 Å². The minimum atomic E-state index is 0.658. The van der Waals surface area contributed by atoms with E-state index in [9.17, 15) is 0 Å². The Bertz CT molecular complexity index is 840. The molecular weight excluding hydrogens is 338 g/mol. The van der Waals surface area contributed by atoms with Crippen LogP contribution in [-0.2, 0) is 12.3 Å². The molecule has 0 N–H and O–H groups in total. The topological polar surface area (TPSA) is 30.7 Å². The van der Waals surface area contributed by atoms with Gasteiger partial charge in [0.1, 0.15) is 0 Å². The molecule has 0 amide bonds. The van der Waals surface area contributed by atoms with E-state index in [0.717, 1.165) is 22.3 Å². The second kappa shape index (κ2) is 7.69. The van der Waals surface area contributed by atoms with Crippen LogP contribution in [0, 0.1) is 6.92 Å². The van der Waals surface area contributed by atoms with Crippen molar-refractivity contribution in [1.82, 2.24) is 14.8 Å². The van der Waals surface area contributed by atoms with Gasteiger partial charge in [-0.15, -0.1) is 16.8 Å². The second-order valence-electron chi connectivity index (χ2n) is 5.49. The van der Waals surface area contributed by atoms with Crippen LogP contribution in [0.25, 0.3) is 11.4 Å². The summed E-state index contributed by atoms with van der Waals surface area (Å²) in [6, 6.07) is 16.2. The number of thioether (sulfide) groups is 1. The molecule has 1 aromatic heterocycles. The summed E-state index contributed by atoms with van der Waals surface area (Å²) < 4.78 is 2.07. The van der Waals surface area contributed by atoms with Gasteiger partial charge in [0.25, 0.3) is 0 Å². The van der Waals surface area contributed by atoms with Crippen LogP contribution in [0.5, 0.6) is 0 Å². The zero-order chi connectivity index (χ0) is 16.9. The van der Waals surface area contributed by atoms with Gasteiger partial charge in [-0.2, -0.15) is 0 Å². The van der Waals surface area contributed by atoms with E-state index >= 15 is 0 Å². The Morgan fingerprint density at radius 3 is 2.67 bits per heavy atom. The molecule has 0 unspecified atom stereocenters. The molecule has 3 aromatic rings. The van der Waals surface area contributed by atoms with Gasteiger partial charge in [0.05, 0.1) is 0 Å². The van der Waals surface area contributed by atoms with E-state index in [2.05, 4.69) is 52.5 Å². The number of aromatic nitrogens is 3. The number of rotatable bonds is 6. The molecule has 0 atom stereocenters. The molecular formula is C19H18ClN3S. The summed E-state index contributed by atoms with van der Waals surface area (Å²) in [4.78, 5) is 0. The van der Waals surface area contributed by atoms with Crippen LogP contribution in [0.3, 0.4) is 0 Å². The van der Waals surface area contributed by atoms with Gasteiger partial charge >= 0.3 is 0 Å². The van der Waals surface area contributed by atoms with Crippen molar-refractivity contribution < 1.29 is 0 Å². The van der Waals surface area contributed by atoms with Crippen molar-refractivity contribution in [1.29, 1.82) is 0 Å². The largest absolute Gasteiger partial charge is 0.298 e. The lowest BCUT2D eigenvalue weighted by molar-refractivity contribution is 0.731. The van der Waals surface area contributed by atoms with E-state index < -0.39 is 0 Å². The standard InChI is InChI=1S/C19H18ClN3S/c1-3-11-23-18(16-5-4-6-17(20)12-16)21-22-19(23)24-13-15-9-7-14(2)8-10-15/h3-10,12H,1,11,13H2,2H3. The van der Waals surface area contributed by atoms with Gasteiger partial charge in [-0.05, 0) is 24.6 Å². The summed E-state index contributed by atoms with van der Waals surface area (Å²) in [7, 11) is 0. The van der Waals surface area contributed by atoms with Gasteiger partial charge in [0.2, 0.25) is 0 Å². The third-order valence-electron chi connectivity index (χ3n) is 3.60. The van der Waals surface area contributed by atoms with E-state index in [1.165, 1.54) is 11.1 Å². The maximum atomic E-state index is 6.10. The van der Waals surface area contributed by atoms with Gasteiger partial charge in [-0.25, -0.2) is 0 Å². The first-order valence-electron chi connectivity index (χ1n) is 7.66. The first-order chi connectivity index (χ1) is 11.7. The summed E-state index contributed by atoms with van der Waals surface area (Å²) in [5.74, 6) is 1.66. The lowest BCUT2D eigenvalue weighted by Crippen LogP contribution is -2.00. The highest BCUT2D eigenvalue weighted by Crippen LogP contribution is 2.27. The van der Waals surface area contributed by atoms with E-state index in [4.69, 9.17) is 11.6 Å². The highest BCUT2D eigenvalue weighted by molar-refractivity contribution is 7.98. The Kier molecular flexibility index (Phi) is 5.38. The Hall–Kier alpha value is -2.04. The van der Waals surface area contributed by atoms with Crippen molar-refractivity contribution in [3.63, 3.8) is 0 Å². The van der Waals surface area contributed by atoms with Crippen molar-refractivity contribution in [2.75, 3.05) is 0 Å². The average Bonchev–Trinajstić information content (AvgIpc) is 2.98. The second-order valence-corrected chi connectivity index (χ2v) is 6.87. The summed E-state index contributed by atoms with van der Waals surface area (Å²) in [5, 5.41) is 10.3. The summed E-state index contributed by atoms with van der Waals surface area (Å²) in [5.41, 5.74) is 3.49. The highest BCUT2D eigenvalue weighted by atomic mass is 35.5. The van der Waals surface area contributed by atoms with Gasteiger partial charge < -0.3 is 0 Å². The van der Waals surface area contributed by atoms with Crippen LogP contribution in [0.2, 0.25) is 5.02 Å². The lowest BCUT2D eigenvalue weighted by Gasteiger charge is -2.08. The number of nitrogens with zero attached hydrogens (tertiary/aromatic N) is 3. The van der Waals surface area contributed by atoms with Crippen molar-refractivity contribution in [3.8, 4) is 11.4 Å². The molecule has 24 heavy (non-hydrogen) atoms. The Balaban J connectivity index is 1.85. The fourth-order valence-corrected chi connectivity index (χ4v) is 3.46. The predicted molar refractivity (Wildman–Crippen MR) is 101 cm³/mol. The quantitative estimate of drug-likeness (QED) is 0.439. The molecule has 3 rings (SSSR count). The Labute approximate surface area is 151 Å². The van der Waals surface area contributed by atoms with Crippen LogP contribution < -0.4 is 0 Å². The zero-order valence-electron chi connectivity index (χ0n) is 13.4. The molecule has 0 saturated heterocycles. The maximum Gasteiger partial charge on any atom is 0.192 e. The number of benzene rings is 2. The van der Waals surface area contributed by atoms with E-state index in [0.29, 0.717) is 11.6 Å². The van der Waals surface area contributed by atoms with E-state index in [1.807, 2.05) is 30.3 Å². The molecule has 1 heterocycles. The molecule has 3 nitrogen and oxygen atoms in total. The van der Waals surface area contributed by atoms with Gasteiger partial charge in [0, 0.05) is 22.9 Å². The molecule has 0 spiro atoms. The summed E-state index contributed by atoms with van der Waals surface area (Å²) in [6.45, 7) is 6.60. The smallest absolute Gasteiger partial charge is 0.192 e. The maximum absolute atomic E-state index is 6.10. The third kappa shape index (κ3) is 3.89. The van der Waals surface area contributed by atoms with Crippen molar-refractivity contribution in [2.24, 2.45) is 0 Å². The molecule has 5 heteroatoms. The normalized spacial score (nSPS) is 10.8. The van der Waals surface area contributed by atoms with Crippen molar-refractivity contribution >= 4 is 23.4 Å². The average molecular weight is 356 g/mol. The first kappa shape index (κ1) is 16.8. The van der Waals surface area contributed by atoms with Gasteiger partial charge in [-0.3, -0.25) is 4.57 Å². The van der Waals surface area contributed by atoms with E-state index in [1.54, 1.807) is 11.8 Å². The third-order valence-corrected chi connectivity index (χ3v) is 4.87. The van der Waals surface area contributed by atoms with Gasteiger partial charge in [0.15, 0.2) is 11.0 Å². The first-order valence-corrected chi connectivity index (χ1v) is 9.02. The molecule has 0 aliphatic carbocycles. The molecule has 0 aliphatic heterocycles. The molecule has 0 radical (unpaired) electrons. The molecule has 0 fully saturated rings. The van der Waals surface area contributed by atoms with Crippen LogP contribution >= 0.6 is 23.4 Å². The number of hydrogen-bond acceptors (Lipinski definition) is 3. The summed E-state index contributed by atoms with van der Waals surface area (Å²) in [6.07, 6.45) is 1.85. The van der Waals surface area contributed by atoms with Crippen molar-refractivity contribution in [2.45, 2.75) is 24.4 Å². The SMILES string of the molecule is C=CCn1c(SCc2ccc(C)cc2)nnc1-c1cccc(Cl)c1. The minimum Gasteiger partial charge on any atom is -0.298 e. The molecule has 0 aliphatic rings. The minimum absolute atomic E-state index is 0.658. The number of hydrogen-bond donors (Lipinski definition) is 0. The highest BCUT2D eigenvalue weighted by Gasteiger charge is 2.13. The number of allylic oxidation sites excluding steroid dienone is 1. The van der Waals surface area contributed by atoms with Gasteiger partial charge in [-0.1, -0.05) is 71.4 Å². The number of halogens is 1. The lowest BCUT2D eigenvalue weighted by atomic mass is 10.2. The van der Waals surface area contributed by atoms with Crippen LogP contribution in [0.15, 0.2) is 66.3 Å². The molecule has 2 aromatic carbocycles. The molecule has 0 bridgehead atoms. The predicted octanol–water partition coefficient (Wildman–Crippen LogP) is 5.39.